The second kappa shape index (κ2) is 7.10. The number of nitrogens with zero attached hydrogens (tertiary/aromatic N) is 2. The number of benzene rings is 1. The van der Waals surface area contributed by atoms with E-state index in [0.29, 0.717) is 0 Å². The first-order chi connectivity index (χ1) is 9.76. The van der Waals surface area contributed by atoms with Gasteiger partial charge in [0.25, 0.3) is 0 Å². The Morgan fingerprint density at radius 3 is 2.75 bits per heavy atom. The van der Waals surface area contributed by atoms with Gasteiger partial charge in [0.1, 0.15) is 0 Å². The minimum Gasteiger partial charge on any atom is -0.397 e. The van der Waals surface area contributed by atoms with Crippen molar-refractivity contribution < 1.29 is 0 Å². The smallest absolute Gasteiger partial charge is 0.0951 e. The molecule has 0 radical (unpaired) electrons. The van der Waals surface area contributed by atoms with Crippen molar-refractivity contribution in [3.05, 3.63) is 30.5 Å². The molecular weight excluding hydrogens is 248 g/mol. The first kappa shape index (κ1) is 14.6. The molecule has 0 atom stereocenters. The number of anilines is 2. The Bertz CT molecular complexity index is 549. The maximum atomic E-state index is 5.96. The summed E-state index contributed by atoms with van der Waals surface area (Å²) in [6, 6.07) is 7.97. The number of fused-ring (bicyclic) bond motifs is 1. The van der Waals surface area contributed by atoms with Crippen molar-refractivity contribution in [3.8, 4) is 0 Å². The summed E-state index contributed by atoms with van der Waals surface area (Å²) in [5.41, 5.74) is 8.68. The fourth-order valence-corrected chi connectivity index (χ4v) is 2.41. The highest BCUT2D eigenvalue weighted by atomic mass is 15.1. The zero-order chi connectivity index (χ0) is 14.4. The molecule has 0 aliphatic carbocycles. The molecule has 0 amide bonds. The van der Waals surface area contributed by atoms with Crippen LogP contribution in [-0.2, 0) is 0 Å². The van der Waals surface area contributed by atoms with Crippen molar-refractivity contribution in [3.63, 3.8) is 0 Å². The lowest BCUT2D eigenvalue weighted by atomic mass is 10.1. The predicted octanol–water partition coefficient (Wildman–Crippen LogP) is 2.96. The summed E-state index contributed by atoms with van der Waals surface area (Å²) in [5, 5.41) is 4.59. The molecule has 0 aliphatic heterocycles. The molecule has 0 saturated heterocycles. The van der Waals surface area contributed by atoms with Crippen molar-refractivity contribution >= 4 is 22.3 Å². The number of nitrogens with two attached hydrogens (primary N) is 1. The zero-order valence-electron chi connectivity index (χ0n) is 12.4. The second-order valence-corrected chi connectivity index (χ2v) is 4.91. The lowest BCUT2D eigenvalue weighted by Gasteiger charge is -2.18. The van der Waals surface area contributed by atoms with Gasteiger partial charge in [-0.3, -0.25) is 4.98 Å². The Labute approximate surface area is 121 Å². The minimum atomic E-state index is 0.731. The summed E-state index contributed by atoms with van der Waals surface area (Å²) >= 11 is 0. The number of aromatic nitrogens is 1. The Morgan fingerprint density at radius 2 is 2.00 bits per heavy atom. The van der Waals surface area contributed by atoms with Crippen molar-refractivity contribution in [2.24, 2.45) is 0 Å². The van der Waals surface area contributed by atoms with Gasteiger partial charge in [-0.25, -0.2) is 0 Å². The highest BCUT2D eigenvalue weighted by Gasteiger charge is 2.04. The Kier molecular flexibility index (Phi) is 5.18. The van der Waals surface area contributed by atoms with Crippen LogP contribution in [0.1, 0.15) is 20.3 Å². The van der Waals surface area contributed by atoms with E-state index >= 15 is 0 Å². The fourth-order valence-electron chi connectivity index (χ4n) is 2.41. The topological polar surface area (TPSA) is 54.2 Å². The van der Waals surface area contributed by atoms with Gasteiger partial charge in [0.2, 0.25) is 0 Å². The maximum absolute atomic E-state index is 5.96. The molecule has 0 saturated carbocycles. The van der Waals surface area contributed by atoms with Gasteiger partial charge in [-0.05, 0) is 50.3 Å². The van der Waals surface area contributed by atoms with E-state index < -0.39 is 0 Å². The van der Waals surface area contributed by atoms with E-state index in [4.69, 9.17) is 5.73 Å². The van der Waals surface area contributed by atoms with Gasteiger partial charge in [-0.15, -0.1) is 0 Å². The number of nitrogens with one attached hydrogen (secondary N) is 1. The van der Waals surface area contributed by atoms with Crippen LogP contribution in [0.4, 0.5) is 11.4 Å². The molecule has 0 bridgehead atoms. The lowest BCUT2D eigenvalue weighted by Crippen LogP contribution is -2.25. The van der Waals surface area contributed by atoms with Crippen LogP contribution in [0.25, 0.3) is 10.9 Å². The number of hydrogen-bond acceptors (Lipinski definition) is 4. The molecule has 0 aliphatic rings. The average Bonchev–Trinajstić information content (AvgIpc) is 2.50. The van der Waals surface area contributed by atoms with E-state index in [0.717, 1.165) is 54.9 Å². The third-order valence-electron chi connectivity index (χ3n) is 3.66. The quantitative estimate of drug-likeness (QED) is 0.601. The van der Waals surface area contributed by atoms with Crippen molar-refractivity contribution in [2.75, 3.05) is 37.2 Å². The van der Waals surface area contributed by atoms with Gasteiger partial charge < -0.3 is 16.0 Å². The molecule has 4 heteroatoms. The summed E-state index contributed by atoms with van der Waals surface area (Å²) in [5.74, 6) is 0. The molecule has 1 aromatic carbocycles. The van der Waals surface area contributed by atoms with Gasteiger partial charge in [0, 0.05) is 23.8 Å². The largest absolute Gasteiger partial charge is 0.397 e. The number of rotatable bonds is 7. The molecule has 1 heterocycles. The van der Waals surface area contributed by atoms with Crippen molar-refractivity contribution in [1.82, 2.24) is 9.88 Å². The van der Waals surface area contributed by atoms with Crippen LogP contribution in [0.3, 0.4) is 0 Å². The minimum absolute atomic E-state index is 0.731. The Morgan fingerprint density at radius 1 is 1.20 bits per heavy atom. The van der Waals surface area contributed by atoms with E-state index in [2.05, 4.69) is 35.1 Å². The average molecular weight is 272 g/mol. The third-order valence-corrected chi connectivity index (χ3v) is 3.66. The number of pyridine rings is 1. The van der Waals surface area contributed by atoms with Gasteiger partial charge in [0.05, 0.1) is 11.2 Å². The van der Waals surface area contributed by atoms with Gasteiger partial charge in [0.15, 0.2) is 0 Å². The molecule has 4 nitrogen and oxygen atoms in total. The lowest BCUT2D eigenvalue weighted by molar-refractivity contribution is 0.303. The Balaban J connectivity index is 1.98. The highest BCUT2D eigenvalue weighted by molar-refractivity contribution is 5.98. The van der Waals surface area contributed by atoms with E-state index in [9.17, 15) is 0 Å². The van der Waals surface area contributed by atoms with Crippen LogP contribution >= 0.6 is 0 Å². The molecule has 0 fully saturated rings. The summed E-state index contributed by atoms with van der Waals surface area (Å²) in [4.78, 5) is 6.79. The monoisotopic (exact) mass is 272 g/mol. The molecule has 0 spiro atoms. The van der Waals surface area contributed by atoms with E-state index in [-0.39, 0.29) is 0 Å². The first-order valence-electron chi connectivity index (χ1n) is 7.35. The maximum Gasteiger partial charge on any atom is 0.0951 e. The number of nitrogen functional groups attached to an aromatic ring is 1. The summed E-state index contributed by atoms with van der Waals surface area (Å²) in [6.07, 6.45) is 2.91. The molecule has 108 valence electrons. The highest BCUT2D eigenvalue weighted by Crippen LogP contribution is 2.26. The van der Waals surface area contributed by atoms with Crippen LogP contribution in [-0.4, -0.2) is 36.1 Å². The molecule has 1 aromatic heterocycles. The zero-order valence-corrected chi connectivity index (χ0v) is 12.4. The molecule has 2 aromatic rings. The molecule has 2 rings (SSSR count). The molecule has 0 unspecified atom stereocenters. The van der Waals surface area contributed by atoms with Crippen molar-refractivity contribution in [1.29, 1.82) is 0 Å². The second-order valence-electron chi connectivity index (χ2n) is 4.91. The van der Waals surface area contributed by atoms with Crippen LogP contribution in [0.5, 0.6) is 0 Å². The first-order valence-corrected chi connectivity index (χ1v) is 7.35. The van der Waals surface area contributed by atoms with Gasteiger partial charge in [-0.2, -0.15) is 0 Å². The van der Waals surface area contributed by atoms with Gasteiger partial charge in [-0.1, -0.05) is 13.8 Å². The van der Waals surface area contributed by atoms with Crippen molar-refractivity contribution in [2.45, 2.75) is 20.3 Å². The van der Waals surface area contributed by atoms with Crippen LogP contribution in [0, 0.1) is 0 Å². The normalized spacial score (nSPS) is 11.2. The molecule has 3 N–H and O–H groups in total. The van der Waals surface area contributed by atoms with Crippen LogP contribution in [0.2, 0.25) is 0 Å². The van der Waals surface area contributed by atoms with E-state index in [1.54, 1.807) is 6.20 Å². The summed E-state index contributed by atoms with van der Waals surface area (Å²) < 4.78 is 0. The van der Waals surface area contributed by atoms with E-state index in [1.165, 1.54) is 0 Å². The van der Waals surface area contributed by atoms with Crippen LogP contribution < -0.4 is 11.1 Å². The van der Waals surface area contributed by atoms with Crippen LogP contribution in [0.15, 0.2) is 30.5 Å². The number of hydrogen-bond donors (Lipinski definition) is 2. The molecule has 20 heavy (non-hydrogen) atoms. The standard InChI is InChI=1S/C16H24N4/c1-3-20(4-2)12-6-11-18-15-9-8-14(17)16-13(15)7-5-10-19-16/h5,7-10,18H,3-4,6,11-12,17H2,1-2H3. The fraction of sp³-hybridized carbons (Fsp3) is 0.438. The SMILES string of the molecule is CCN(CC)CCCNc1ccc(N)c2ncccc12. The molecular formula is C16H24N4. The van der Waals surface area contributed by atoms with Gasteiger partial charge >= 0.3 is 0 Å². The third kappa shape index (κ3) is 3.39. The Hall–Kier alpha value is -1.81. The summed E-state index contributed by atoms with van der Waals surface area (Å²) in [6.45, 7) is 8.73. The summed E-state index contributed by atoms with van der Waals surface area (Å²) in [7, 11) is 0. The van der Waals surface area contributed by atoms with E-state index in [1.807, 2.05) is 18.2 Å². The predicted molar refractivity (Wildman–Crippen MR) is 87.1 cm³/mol.